The van der Waals surface area contributed by atoms with Crippen LogP contribution in [0.5, 0.6) is 0 Å². The summed E-state index contributed by atoms with van der Waals surface area (Å²) in [5.74, 6) is -0.894. The molecule has 0 saturated carbocycles. The van der Waals surface area contributed by atoms with Crippen molar-refractivity contribution in [1.29, 1.82) is 0 Å². The maximum Gasteiger partial charge on any atom is 0.310 e. The molecule has 6 heteroatoms. The summed E-state index contributed by atoms with van der Waals surface area (Å²) in [6.45, 7) is 0.539. The van der Waals surface area contributed by atoms with Crippen molar-refractivity contribution in [3.63, 3.8) is 0 Å². The fraction of sp³-hybridized carbons (Fsp3) is 0.333. The van der Waals surface area contributed by atoms with E-state index in [1.165, 1.54) is 7.11 Å². The molecule has 0 aromatic heterocycles. The van der Waals surface area contributed by atoms with E-state index in [1.54, 1.807) is 0 Å². The minimum atomic E-state index is -0.414. The molecule has 2 aromatic rings. The maximum absolute atomic E-state index is 12.0. The Hall–Kier alpha value is -2.11. The molecule has 0 fully saturated rings. The highest BCUT2D eigenvalue weighted by Gasteiger charge is 2.20. The normalized spacial score (nSPS) is 11.4. The first kappa shape index (κ1) is 19.9. The SMILES string of the molecule is COC(=O)C(CNC(=O)CCN)Cc1ccc2ccccc2c1.Cl. The second-order valence-electron chi connectivity index (χ2n) is 5.45. The fourth-order valence-corrected chi connectivity index (χ4v) is 2.51. The molecule has 24 heavy (non-hydrogen) atoms. The van der Waals surface area contributed by atoms with Crippen molar-refractivity contribution in [3.8, 4) is 0 Å². The number of esters is 1. The van der Waals surface area contributed by atoms with E-state index < -0.39 is 5.92 Å². The first-order chi connectivity index (χ1) is 11.1. The van der Waals surface area contributed by atoms with Crippen molar-refractivity contribution in [2.75, 3.05) is 20.2 Å². The number of hydrogen-bond acceptors (Lipinski definition) is 4. The molecule has 1 amide bonds. The predicted octanol–water partition coefficient (Wildman–Crippen LogP) is 2.06. The number of hydrogen-bond donors (Lipinski definition) is 2. The lowest BCUT2D eigenvalue weighted by atomic mass is 9.97. The number of amides is 1. The average Bonchev–Trinajstić information content (AvgIpc) is 2.58. The van der Waals surface area contributed by atoms with Gasteiger partial charge in [-0.3, -0.25) is 9.59 Å². The van der Waals surface area contributed by atoms with Gasteiger partial charge in [0.25, 0.3) is 0 Å². The van der Waals surface area contributed by atoms with Gasteiger partial charge in [-0.15, -0.1) is 12.4 Å². The minimum Gasteiger partial charge on any atom is -0.469 e. The number of benzene rings is 2. The second kappa shape index (κ2) is 9.90. The fourth-order valence-electron chi connectivity index (χ4n) is 2.51. The Morgan fingerprint density at radius 2 is 1.88 bits per heavy atom. The first-order valence-corrected chi connectivity index (χ1v) is 7.66. The topological polar surface area (TPSA) is 81.4 Å². The van der Waals surface area contributed by atoms with Crippen molar-refractivity contribution >= 4 is 35.1 Å². The molecular formula is C18H23ClN2O3. The van der Waals surface area contributed by atoms with Gasteiger partial charge in [-0.2, -0.15) is 0 Å². The van der Waals surface area contributed by atoms with E-state index in [4.69, 9.17) is 10.5 Å². The number of methoxy groups -OCH3 is 1. The van der Waals surface area contributed by atoms with Crippen LogP contribution in [0, 0.1) is 5.92 Å². The van der Waals surface area contributed by atoms with Gasteiger partial charge in [0.15, 0.2) is 0 Å². The van der Waals surface area contributed by atoms with Gasteiger partial charge in [-0.1, -0.05) is 42.5 Å². The zero-order valence-corrected chi connectivity index (χ0v) is 14.5. The van der Waals surface area contributed by atoms with Gasteiger partial charge >= 0.3 is 5.97 Å². The lowest BCUT2D eigenvalue weighted by molar-refractivity contribution is -0.145. The molecule has 0 aliphatic heterocycles. The van der Waals surface area contributed by atoms with Crippen LogP contribution < -0.4 is 11.1 Å². The zero-order chi connectivity index (χ0) is 16.7. The van der Waals surface area contributed by atoms with Gasteiger partial charge in [0.05, 0.1) is 13.0 Å². The van der Waals surface area contributed by atoms with Gasteiger partial charge in [-0.05, 0) is 22.8 Å². The Morgan fingerprint density at radius 3 is 2.54 bits per heavy atom. The Balaban J connectivity index is 0.00000288. The molecule has 3 N–H and O–H groups in total. The zero-order valence-electron chi connectivity index (χ0n) is 13.7. The van der Waals surface area contributed by atoms with E-state index in [2.05, 4.69) is 11.4 Å². The molecule has 0 aliphatic carbocycles. The van der Waals surface area contributed by atoms with Crippen LogP contribution in [0.3, 0.4) is 0 Å². The number of ether oxygens (including phenoxy) is 1. The standard InChI is InChI=1S/C18H22N2O3.ClH/c1-23-18(22)16(12-20-17(21)8-9-19)11-13-6-7-14-4-2-3-5-15(14)10-13;/h2-7,10,16H,8-9,11-12,19H2,1H3,(H,20,21);1H. The third kappa shape index (κ3) is 5.51. The monoisotopic (exact) mass is 350 g/mol. The molecule has 1 atom stereocenters. The molecule has 1 unspecified atom stereocenters. The highest BCUT2D eigenvalue weighted by Crippen LogP contribution is 2.18. The summed E-state index contributed by atoms with van der Waals surface area (Å²) in [7, 11) is 1.36. The quantitative estimate of drug-likeness (QED) is 0.749. The minimum absolute atomic E-state index is 0. The molecule has 0 saturated heterocycles. The Kier molecular flexibility index (Phi) is 8.22. The third-order valence-electron chi connectivity index (χ3n) is 3.75. The van der Waals surface area contributed by atoms with Crippen LogP contribution in [0.2, 0.25) is 0 Å². The van der Waals surface area contributed by atoms with Crippen LogP contribution in [0.15, 0.2) is 42.5 Å². The molecule has 0 bridgehead atoms. The van der Waals surface area contributed by atoms with E-state index >= 15 is 0 Å². The van der Waals surface area contributed by atoms with Gasteiger partial charge in [0.1, 0.15) is 0 Å². The second-order valence-corrected chi connectivity index (χ2v) is 5.45. The maximum atomic E-state index is 12.0. The number of nitrogens with one attached hydrogen (secondary N) is 1. The highest BCUT2D eigenvalue weighted by atomic mass is 35.5. The molecule has 2 rings (SSSR count). The Morgan fingerprint density at radius 1 is 1.17 bits per heavy atom. The Bertz CT molecular complexity index is 691. The van der Waals surface area contributed by atoms with Crippen molar-refractivity contribution in [2.45, 2.75) is 12.8 Å². The highest BCUT2D eigenvalue weighted by molar-refractivity contribution is 5.85. The van der Waals surface area contributed by atoms with Crippen LogP contribution >= 0.6 is 12.4 Å². The third-order valence-corrected chi connectivity index (χ3v) is 3.75. The molecular weight excluding hydrogens is 328 g/mol. The van der Waals surface area contributed by atoms with Crippen molar-refractivity contribution in [3.05, 3.63) is 48.0 Å². The van der Waals surface area contributed by atoms with Gasteiger partial charge in [-0.25, -0.2) is 0 Å². The number of fused-ring (bicyclic) bond motifs is 1. The lowest BCUT2D eigenvalue weighted by Gasteiger charge is -2.16. The largest absolute Gasteiger partial charge is 0.469 e. The molecule has 0 spiro atoms. The van der Waals surface area contributed by atoms with Crippen LogP contribution in [0.4, 0.5) is 0 Å². The van der Waals surface area contributed by atoms with Crippen molar-refractivity contribution in [2.24, 2.45) is 11.7 Å². The van der Waals surface area contributed by atoms with E-state index in [9.17, 15) is 9.59 Å². The molecule has 0 radical (unpaired) electrons. The summed E-state index contributed by atoms with van der Waals surface area (Å²) in [5.41, 5.74) is 6.38. The molecule has 5 nitrogen and oxygen atoms in total. The van der Waals surface area contributed by atoms with Crippen molar-refractivity contribution in [1.82, 2.24) is 5.32 Å². The van der Waals surface area contributed by atoms with Gasteiger partial charge in [0, 0.05) is 19.5 Å². The summed E-state index contributed by atoms with van der Waals surface area (Å²) in [5, 5.41) is 5.02. The van der Waals surface area contributed by atoms with Gasteiger partial charge in [0.2, 0.25) is 5.91 Å². The van der Waals surface area contributed by atoms with Crippen LogP contribution in [0.1, 0.15) is 12.0 Å². The smallest absolute Gasteiger partial charge is 0.310 e. The first-order valence-electron chi connectivity index (χ1n) is 7.66. The molecule has 130 valence electrons. The van der Waals surface area contributed by atoms with Crippen molar-refractivity contribution < 1.29 is 14.3 Å². The summed E-state index contributed by atoms with van der Waals surface area (Å²) in [6.07, 6.45) is 0.768. The predicted molar refractivity (Wildman–Crippen MR) is 97.1 cm³/mol. The molecule has 0 heterocycles. The Labute approximate surface area is 148 Å². The summed E-state index contributed by atoms with van der Waals surface area (Å²) >= 11 is 0. The number of rotatable bonds is 7. The molecule has 2 aromatic carbocycles. The summed E-state index contributed by atoms with van der Waals surface area (Å²) in [6, 6.07) is 14.2. The van der Waals surface area contributed by atoms with Crippen LogP contribution in [-0.2, 0) is 20.7 Å². The van der Waals surface area contributed by atoms with E-state index in [0.29, 0.717) is 13.0 Å². The summed E-state index contributed by atoms with van der Waals surface area (Å²) in [4.78, 5) is 23.5. The summed E-state index contributed by atoms with van der Waals surface area (Å²) < 4.78 is 4.85. The number of carbonyl (C=O) groups is 2. The van der Waals surface area contributed by atoms with Gasteiger partial charge < -0.3 is 15.8 Å². The number of carbonyl (C=O) groups excluding carboxylic acids is 2. The van der Waals surface area contributed by atoms with Crippen LogP contribution in [0.25, 0.3) is 10.8 Å². The number of nitrogens with two attached hydrogens (primary N) is 1. The average molecular weight is 351 g/mol. The number of halogens is 1. The molecule has 0 aliphatic rings. The van der Waals surface area contributed by atoms with E-state index in [1.807, 2.05) is 36.4 Å². The lowest BCUT2D eigenvalue weighted by Crippen LogP contribution is -2.35. The van der Waals surface area contributed by atoms with E-state index in [0.717, 1.165) is 16.3 Å². The van der Waals surface area contributed by atoms with Crippen LogP contribution in [-0.4, -0.2) is 32.1 Å². The van der Waals surface area contributed by atoms with E-state index in [-0.39, 0.29) is 37.2 Å².